The van der Waals surface area contributed by atoms with Crippen LogP contribution in [0.4, 0.5) is 0 Å². The van der Waals surface area contributed by atoms with E-state index in [1.54, 1.807) is 32.2 Å². The fraction of sp³-hybridized carbons (Fsp3) is 0.500. The van der Waals surface area contributed by atoms with Gasteiger partial charge in [0.1, 0.15) is 11.5 Å². The molecule has 0 aromatic heterocycles. The number of methoxy groups -OCH3 is 2. The lowest BCUT2D eigenvalue weighted by molar-refractivity contribution is 0.389. The van der Waals surface area contributed by atoms with E-state index >= 15 is 0 Å². The van der Waals surface area contributed by atoms with Crippen LogP contribution in [0, 0.1) is 0 Å². The summed E-state index contributed by atoms with van der Waals surface area (Å²) in [6.45, 7) is 1.60. The van der Waals surface area contributed by atoms with Crippen LogP contribution in [-0.2, 0) is 9.84 Å². The van der Waals surface area contributed by atoms with Crippen LogP contribution in [-0.4, -0.2) is 34.1 Å². The second kappa shape index (κ2) is 6.06. The van der Waals surface area contributed by atoms with Crippen LogP contribution in [0.3, 0.4) is 0 Å². The largest absolute Gasteiger partial charge is 0.497 e. The molecular formula is C12H19NO4S. The zero-order valence-electron chi connectivity index (χ0n) is 10.8. The molecular weight excluding hydrogens is 254 g/mol. The molecule has 6 heteroatoms. The molecule has 18 heavy (non-hydrogen) atoms. The van der Waals surface area contributed by atoms with Gasteiger partial charge in [-0.1, -0.05) is 13.0 Å². The molecule has 0 fully saturated rings. The summed E-state index contributed by atoms with van der Waals surface area (Å²) < 4.78 is 33.4. The van der Waals surface area contributed by atoms with Crippen molar-refractivity contribution in [3.8, 4) is 11.5 Å². The highest BCUT2D eigenvalue weighted by Crippen LogP contribution is 2.29. The van der Waals surface area contributed by atoms with Gasteiger partial charge < -0.3 is 15.2 Å². The first-order valence-electron chi connectivity index (χ1n) is 5.61. The van der Waals surface area contributed by atoms with Gasteiger partial charge in [-0.05, 0) is 6.07 Å². The average molecular weight is 273 g/mol. The molecule has 0 bridgehead atoms. The van der Waals surface area contributed by atoms with Crippen molar-refractivity contribution in [3.63, 3.8) is 0 Å². The monoisotopic (exact) mass is 273 g/mol. The molecule has 0 spiro atoms. The molecule has 0 saturated heterocycles. The van der Waals surface area contributed by atoms with Gasteiger partial charge in [0, 0.05) is 23.4 Å². The number of hydrogen-bond donors (Lipinski definition) is 1. The summed E-state index contributed by atoms with van der Waals surface area (Å²) in [5.41, 5.74) is 6.59. The Hall–Kier alpha value is -1.27. The maximum atomic E-state index is 11.6. The van der Waals surface area contributed by atoms with Gasteiger partial charge in [0.05, 0.1) is 20.0 Å². The van der Waals surface area contributed by atoms with Gasteiger partial charge in [0.25, 0.3) is 0 Å². The molecule has 0 aliphatic carbocycles. The van der Waals surface area contributed by atoms with Gasteiger partial charge in [0.15, 0.2) is 9.84 Å². The zero-order chi connectivity index (χ0) is 13.8. The molecule has 0 aliphatic heterocycles. The first-order valence-corrected chi connectivity index (χ1v) is 7.43. The highest BCUT2D eigenvalue weighted by Gasteiger charge is 2.19. The minimum atomic E-state index is -3.12. The molecule has 0 heterocycles. The third kappa shape index (κ3) is 3.61. The smallest absolute Gasteiger partial charge is 0.151 e. The normalized spacial score (nSPS) is 13.1. The van der Waals surface area contributed by atoms with Gasteiger partial charge in [-0.2, -0.15) is 0 Å². The predicted molar refractivity (Wildman–Crippen MR) is 70.8 cm³/mol. The molecule has 0 amide bonds. The lowest BCUT2D eigenvalue weighted by Gasteiger charge is -2.16. The molecule has 102 valence electrons. The number of hydrogen-bond acceptors (Lipinski definition) is 5. The van der Waals surface area contributed by atoms with Gasteiger partial charge in [0.2, 0.25) is 0 Å². The van der Waals surface area contributed by atoms with E-state index in [4.69, 9.17) is 15.2 Å². The second-order valence-corrected chi connectivity index (χ2v) is 6.31. The van der Waals surface area contributed by atoms with E-state index < -0.39 is 15.9 Å². The third-order valence-electron chi connectivity index (χ3n) is 2.71. The molecule has 2 N–H and O–H groups in total. The van der Waals surface area contributed by atoms with Crippen LogP contribution in [0.2, 0.25) is 0 Å². The minimum absolute atomic E-state index is 0.0825. The van der Waals surface area contributed by atoms with Crippen molar-refractivity contribution in [1.82, 2.24) is 0 Å². The Morgan fingerprint density at radius 1 is 1.28 bits per heavy atom. The summed E-state index contributed by atoms with van der Waals surface area (Å²) in [5, 5.41) is 0. The van der Waals surface area contributed by atoms with Crippen molar-refractivity contribution in [2.45, 2.75) is 13.0 Å². The quantitative estimate of drug-likeness (QED) is 0.840. The lowest BCUT2D eigenvalue weighted by atomic mass is 10.1. The van der Waals surface area contributed by atoms with Crippen LogP contribution in [0.15, 0.2) is 18.2 Å². The number of benzene rings is 1. The van der Waals surface area contributed by atoms with E-state index in [9.17, 15) is 8.42 Å². The summed E-state index contributed by atoms with van der Waals surface area (Å²) in [4.78, 5) is 0. The predicted octanol–water partition coefficient (Wildman–Crippen LogP) is 1.14. The SMILES string of the molecule is CCS(=O)(=O)CC(N)c1ccc(OC)cc1OC. The van der Waals surface area contributed by atoms with Crippen molar-refractivity contribution in [1.29, 1.82) is 0 Å². The summed E-state index contributed by atoms with van der Waals surface area (Å²) in [6, 6.07) is 4.55. The Morgan fingerprint density at radius 3 is 2.44 bits per heavy atom. The first-order chi connectivity index (χ1) is 8.43. The molecule has 1 atom stereocenters. The Kier molecular flexibility index (Phi) is 4.98. The highest BCUT2D eigenvalue weighted by atomic mass is 32.2. The maximum Gasteiger partial charge on any atom is 0.151 e. The Bertz CT molecular complexity index is 499. The van der Waals surface area contributed by atoms with Gasteiger partial charge in [-0.25, -0.2) is 8.42 Å². The fourth-order valence-electron chi connectivity index (χ4n) is 1.61. The average Bonchev–Trinajstić information content (AvgIpc) is 2.37. The van der Waals surface area contributed by atoms with Crippen LogP contribution in [0.25, 0.3) is 0 Å². The lowest BCUT2D eigenvalue weighted by Crippen LogP contribution is -2.23. The van der Waals surface area contributed by atoms with Crippen LogP contribution >= 0.6 is 0 Å². The molecule has 0 aliphatic rings. The third-order valence-corrected chi connectivity index (χ3v) is 4.46. The number of rotatable bonds is 6. The van der Waals surface area contributed by atoms with E-state index in [2.05, 4.69) is 0 Å². The standard InChI is InChI=1S/C12H19NO4S/c1-4-18(14,15)8-11(13)10-6-5-9(16-2)7-12(10)17-3/h5-7,11H,4,8,13H2,1-3H3. The number of nitrogens with two attached hydrogens (primary N) is 1. The Morgan fingerprint density at radius 2 is 1.94 bits per heavy atom. The molecule has 0 saturated carbocycles. The van der Waals surface area contributed by atoms with E-state index in [1.807, 2.05) is 0 Å². The highest BCUT2D eigenvalue weighted by molar-refractivity contribution is 7.91. The fourth-order valence-corrected chi connectivity index (χ4v) is 2.57. The Labute approximate surface area is 108 Å². The molecule has 1 rings (SSSR count). The summed E-state index contributed by atoms with van der Waals surface area (Å²) >= 11 is 0. The second-order valence-electron chi connectivity index (χ2n) is 3.91. The van der Waals surface area contributed by atoms with Gasteiger partial charge in [-0.15, -0.1) is 0 Å². The van der Waals surface area contributed by atoms with E-state index in [0.29, 0.717) is 17.1 Å². The van der Waals surface area contributed by atoms with E-state index in [-0.39, 0.29) is 11.5 Å². The molecule has 5 nitrogen and oxygen atoms in total. The van der Waals surface area contributed by atoms with Crippen molar-refractivity contribution in [3.05, 3.63) is 23.8 Å². The van der Waals surface area contributed by atoms with Gasteiger partial charge in [-0.3, -0.25) is 0 Å². The minimum Gasteiger partial charge on any atom is -0.497 e. The van der Waals surface area contributed by atoms with Gasteiger partial charge >= 0.3 is 0 Å². The van der Waals surface area contributed by atoms with Crippen molar-refractivity contribution >= 4 is 9.84 Å². The Balaban J connectivity index is 3.02. The maximum absolute atomic E-state index is 11.6. The number of sulfone groups is 1. The molecule has 0 radical (unpaired) electrons. The molecule has 1 unspecified atom stereocenters. The van der Waals surface area contributed by atoms with Crippen molar-refractivity contribution in [2.75, 3.05) is 25.7 Å². The van der Waals surface area contributed by atoms with Crippen molar-refractivity contribution < 1.29 is 17.9 Å². The van der Waals surface area contributed by atoms with Crippen LogP contribution in [0.5, 0.6) is 11.5 Å². The molecule has 1 aromatic carbocycles. The van der Waals surface area contributed by atoms with Crippen LogP contribution < -0.4 is 15.2 Å². The van der Waals surface area contributed by atoms with E-state index in [1.165, 1.54) is 7.11 Å². The van der Waals surface area contributed by atoms with Crippen LogP contribution in [0.1, 0.15) is 18.5 Å². The summed E-state index contributed by atoms with van der Waals surface area (Å²) in [7, 11) is -0.0546. The molecule has 1 aromatic rings. The first kappa shape index (κ1) is 14.8. The summed E-state index contributed by atoms with van der Waals surface area (Å²) in [6.07, 6.45) is 0. The van der Waals surface area contributed by atoms with E-state index in [0.717, 1.165) is 0 Å². The topological polar surface area (TPSA) is 78.6 Å². The number of ether oxygens (including phenoxy) is 2. The zero-order valence-corrected chi connectivity index (χ0v) is 11.7. The van der Waals surface area contributed by atoms with Crippen molar-refractivity contribution in [2.24, 2.45) is 5.73 Å². The summed E-state index contributed by atoms with van der Waals surface area (Å²) in [5.74, 6) is 1.17.